The Morgan fingerprint density at radius 3 is 2.66 bits per heavy atom. The highest BCUT2D eigenvalue weighted by atomic mass is 35.5. The van der Waals surface area contributed by atoms with E-state index < -0.39 is 5.76 Å². The second-order valence-electron chi connectivity index (χ2n) is 7.26. The largest absolute Gasteiger partial charge is 0.486 e. The van der Waals surface area contributed by atoms with Crippen molar-refractivity contribution in [1.29, 1.82) is 0 Å². The van der Waals surface area contributed by atoms with Crippen molar-refractivity contribution < 1.29 is 18.7 Å². The lowest BCUT2D eigenvalue weighted by Gasteiger charge is -2.25. The average Bonchev–Trinajstić information content (AvgIpc) is 2.99. The minimum atomic E-state index is -0.599. The molecule has 0 saturated carbocycles. The van der Waals surface area contributed by atoms with Crippen LogP contribution < -0.4 is 20.5 Å². The highest BCUT2D eigenvalue weighted by molar-refractivity contribution is 6.31. The van der Waals surface area contributed by atoms with E-state index in [2.05, 4.69) is 5.32 Å². The number of fused-ring (bicyclic) bond motifs is 2. The van der Waals surface area contributed by atoms with Crippen LogP contribution in [0.2, 0.25) is 5.02 Å². The minimum absolute atomic E-state index is 0.123. The van der Waals surface area contributed by atoms with Gasteiger partial charge in [-0.1, -0.05) is 31.5 Å². The van der Waals surface area contributed by atoms with Gasteiger partial charge >= 0.3 is 5.76 Å². The number of rotatable bonds is 5. The van der Waals surface area contributed by atoms with Crippen LogP contribution in [0, 0.1) is 5.92 Å². The van der Waals surface area contributed by atoms with Gasteiger partial charge in [0.25, 0.3) is 0 Å². The molecule has 1 aliphatic rings. The first-order valence-corrected chi connectivity index (χ1v) is 9.78. The van der Waals surface area contributed by atoms with E-state index in [0.717, 1.165) is 5.56 Å². The van der Waals surface area contributed by atoms with Crippen LogP contribution in [-0.4, -0.2) is 23.7 Å². The summed E-state index contributed by atoms with van der Waals surface area (Å²) < 4.78 is 17.7. The monoisotopic (exact) mass is 416 g/mol. The summed E-state index contributed by atoms with van der Waals surface area (Å²) in [6, 6.07) is 10.3. The molecule has 4 rings (SSSR count). The van der Waals surface area contributed by atoms with E-state index in [1.165, 1.54) is 4.57 Å². The normalized spacial score (nSPS) is 14.2. The van der Waals surface area contributed by atoms with Gasteiger partial charge in [0.15, 0.2) is 17.1 Å². The fourth-order valence-electron chi connectivity index (χ4n) is 3.44. The molecular formula is C21H21ClN2O5. The molecule has 152 valence electrons. The van der Waals surface area contributed by atoms with Crippen LogP contribution >= 0.6 is 11.6 Å². The number of nitrogens with one attached hydrogen (secondary N) is 1. The molecule has 0 saturated heterocycles. The van der Waals surface area contributed by atoms with Gasteiger partial charge in [-0.3, -0.25) is 9.36 Å². The fraction of sp³-hybridized carbons (Fsp3) is 0.333. The summed E-state index contributed by atoms with van der Waals surface area (Å²) >= 11 is 5.94. The molecule has 2 aromatic carbocycles. The van der Waals surface area contributed by atoms with Crippen LogP contribution in [0.3, 0.4) is 0 Å². The summed E-state index contributed by atoms with van der Waals surface area (Å²) in [4.78, 5) is 24.9. The number of carbonyl (C=O) groups is 1. The van der Waals surface area contributed by atoms with Crippen LogP contribution in [0.15, 0.2) is 45.6 Å². The number of carbonyl (C=O) groups excluding carboxylic acids is 1. The third kappa shape index (κ3) is 3.96. The number of nitrogens with zero attached hydrogens (tertiary/aromatic N) is 1. The van der Waals surface area contributed by atoms with Crippen molar-refractivity contribution >= 4 is 28.6 Å². The Morgan fingerprint density at radius 1 is 1.14 bits per heavy atom. The molecule has 0 radical (unpaired) electrons. The maximum atomic E-state index is 12.8. The van der Waals surface area contributed by atoms with Crippen molar-refractivity contribution in [1.82, 2.24) is 9.88 Å². The molecule has 1 aliphatic heterocycles. The fourth-order valence-corrected chi connectivity index (χ4v) is 3.60. The first-order chi connectivity index (χ1) is 13.9. The van der Waals surface area contributed by atoms with E-state index in [4.69, 9.17) is 25.5 Å². The van der Waals surface area contributed by atoms with E-state index in [1.54, 1.807) is 18.2 Å². The molecule has 1 amide bonds. The summed E-state index contributed by atoms with van der Waals surface area (Å²) in [6.07, 6.45) is 0. The lowest BCUT2D eigenvalue weighted by Crippen LogP contribution is -2.36. The Balaban J connectivity index is 1.56. The van der Waals surface area contributed by atoms with Gasteiger partial charge in [-0.25, -0.2) is 4.79 Å². The number of oxazole rings is 1. The molecule has 7 nitrogen and oxygen atoms in total. The Hall–Kier alpha value is -2.93. The van der Waals surface area contributed by atoms with E-state index in [0.29, 0.717) is 40.8 Å². The molecule has 3 aromatic rings. The van der Waals surface area contributed by atoms with E-state index >= 15 is 0 Å². The summed E-state index contributed by atoms with van der Waals surface area (Å²) in [5.74, 6) is 0.598. The highest BCUT2D eigenvalue weighted by Gasteiger charge is 2.22. The standard InChI is InChI=1S/C21H21ClN2O5/c1-12(2)20(13-3-6-16-18(9-13)28-8-7-27-16)23-19(25)11-24-15-5-4-14(22)10-17(15)29-21(24)26/h3-6,9-10,12,20H,7-8,11H2,1-2H3,(H,23,25)/t20-/m0/s1. The van der Waals surface area contributed by atoms with Gasteiger partial charge in [-0.2, -0.15) is 0 Å². The zero-order chi connectivity index (χ0) is 20.5. The predicted octanol–water partition coefficient (Wildman–Crippen LogP) is 3.53. The van der Waals surface area contributed by atoms with Crippen molar-refractivity contribution in [2.24, 2.45) is 5.92 Å². The van der Waals surface area contributed by atoms with E-state index in [9.17, 15) is 9.59 Å². The molecule has 29 heavy (non-hydrogen) atoms. The number of amides is 1. The van der Waals surface area contributed by atoms with E-state index in [-0.39, 0.29) is 24.4 Å². The van der Waals surface area contributed by atoms with E-state index in [1.807, 2.05) is 32.0 Å². The maximum absolute atomic E-state index is 12.8. The quantitative estimate of drug-likeness (QED) is 0.688. The van der Waals surface area contributed by atoms with Crippen LogP contribution in [0.1, 0.15) is 25.5 Å². The zero-order valence-corrected chi connectivity index (χ0v) is 16.9. The lowest BCUT2D eigenvalue weighted by molar-refractivity contribution is -0.122. The SMILES string of the molecule is CC(C)[C@H](NC(=O)Cn1c(=O)oc2cc(Cl)ccc21)c1ccc2c(c1)OCCO2. The second-order valence-corrected chi connectivity index (χ2v) is 7.69. The molecule has 1 aromatic heterocycles. The third-order valence-electron chi connectivity index (χ3n) is 4.84. The molecule has 1 atom stereocenters. The van der Waals surface area contributed by atoms with Crippen LogP contribution in [0.25, 0.3) is 11.1 Å². The summed E-state index contributed by atoms with van der Waals surface area (Å²) in [6.45, 7) is 4.90. The maximum Gasteiger partial charge on any atom is 0.420 e. The van der Waals surface area contributed by atoms with Crippen LogP contribution in [-0.2, 0) is 11.3 Å². The van der Waals surface area contributed by atoms with Gasteiger partial charge < -0.3 is 19.2 Å². The highest BCUT2D eigenvalue weighted by Crippen LogP contribution is 2.34. The first-order valence-electron chi connectivity index (χ1n) is 9.40. The summed E-state index contributed by atoms with van der Waals surface area (Å²) in [7, 11) is 0. The topological polar surface area (TPSA) is 82.7 Å². The smallest absolute Gasteiger partial charge is 0.420 e. The Morgan fingerprint density at radius 2 is 1.90 bits per heavy atom. The Kier molecular flexibility index (Phi) is 5.24. The van der Waals surface area contributed by atoms with Crippen LogP contribution in [0.5, 0.6) is 11.5 Å². The van der Waals surface area contributed by atoms with Crippen LogP contribution in [0.4, 0.5) is 0 Å². The molecule has 0 spiro atoms. The Labute approximate surface area is 172 Å². The number of halogens is 1. The summed E-state index contributed by atoms with van der Waals surface area (Å²) in [5.41, 5.74) is 1.78. The van der Waals surface area contributed by atoms with Gasteiger partial charge in [-0.15, -0.1) is 0 Å². The number of hydrogen-bond acceptors (Lipinski definition) is 5. The predicted molar refractivity (Wildman–Crippen MR) is 109 cm³/mol. The molecule has 1 N–H and O–H groups in total. The molecule has 8 heteroatoms. The number of hydrogen-bond donors (Lipinski definition) is 1. The number of ether oxygens (including phenoxy) is 2. The van der Waals surface area contributed by atoms with Crippen molar-refractivity contribution in [3.05, 3.63) is 57.5 Å². The van der Waals surface area contributed by atoms with Gasteiger partial charge in [0.1, 0.15) is 19.8 Å². The van der Waals surface area contributed by atoms with Gasteiger partial charge in [-0.05, 0) is 35.7 Å². The molecule has 0 aliphatic carbocycles. The lowest BCUT2D eigenvalue weighted by atomic mass is 9.95. The van der Waals surface area contributed by atoms with Gasteiger partial charge in [0.2, 0.25) is 5.91 Å². The van der Waals surface area contributed by atoms with Gasteiger partial charge in [0, 0.05) is 11.1 Å². The molecule has 0 bridgehead atoms. The first kappa shape index (κ1) is 19.4. The average molecular weight is 417 g/mol. The zero-order valence-electron chi connectivity index (χ0n) is 16.1. The van der Waals surface area contributed by atoms with Crippen molar-refractivity contribution in [3.63, 3.8) is 0 Å². The van der Waals surface area contributed by atoms with Crippen molar-refractivity contribution in [2.45, 2.75) is 26.4 Å². The second kappa shape index (κ2) is 7.83. The van der Waals surface area contributed by atoms with Crippen molar-refractivity contribution in [2.75, 3.05) is 13.2 Å². The Bertz CT molecular complexity index is 1120. The molecule has 0 fully saturated rings. The molecular weight excluding hydrogens is 396 g/mol. The number of benzene rings is 2. The van der Waals surface area contributed by atoms with Crippen molar-refractivity contribution in [3.8, 4) is 11.5 Å². The molecule has 0 unspecified atom stereocenters. The summed E-state index contributed by atoms with van der Waals surface area (Å²) in [5, 5.41) is 3.48. The third-order valence-corrected chi connectivity index (χ3v) is 5.08. The minimum Gasteiger partial charge on any atom is -0.486 e. The number of aromatic nitrogens is 1. The van der Waals surface area contributed by atoms with Gasteiger partial charge in [0.05, 0.1) is 11.6 Å². The molecule has 2 heterocycles.